The average Bonchev–Trinajstić information content (AvgIpc) is 3.47. The number of nitrogens with one attached hydrogen (secondary N) is 1. The first-order chi connectivity index (χ1) is 14.1. The molecule has 2 aromatic rings. The fraction of sp³-hybridized carbons (Fsp3) is 0.364. The Morgan fingerprint density at radius 3 is 2.90 bits per heavy atom. The van der Waals surface area contributed by atoms with Crippen LogP contribution in [0.4, 0.5) is 0 Å². The second-order valence-electron chi connectivity index (χ2n) is 7.84. The summed E-state index contributed by atoms with van der Waals surface area (Å²) in [5, 5.41) is 5.71. The third-order valence-electron chi connectivity index (χ3n) is 6.03. The van der Waals surface area contributed by atoms with Crippen LogP contribution in [0.15, 0.2) is 53.9 Å². The lowest BCUT2D eigenvalue weighted by atomic mass is 9.77. The van der Waals surface area contributed by atoms with Gasteiger partial charge in [-0.3, -0.25) is 9.59 Å². The quantitative estimate of drug-likeness (QED) is 0.719. The molecule has 2 bridgehead atoms. The Kier molecular flexibility index (Phi) is 4.73. The molecule has 5 rings (SSSR count). The molecule has 4 atom stereocenters. The zero-order valence-electron chi connectivity index (χ0n) is 15.7. The van der Waals surface area contributed by atoms with Crippen LogP contribution < -0.4 is 5.32 Å². The second kappa shape index (κ2) is 7.27. The standard InChI is InChI=1S/C22H21ClN2O3S/c23-15-5-3-14(4-6-15)8-10-24-20(26)18-17-7-9-22(28-17)13-25(21(27)19(18)22)12-16-2-1-11-29-16/h1-7,9,11,17-19H,8,10,12-13H2,(H,24,26). The van der Waals surface area contributed by atoms with Gasteiger partial charge in [-0.15, -0.1) is 11.3 Å². The Balaban J connectivity index is 1.26. The molecule has 0 saturated carbocycles. The first-order valence-corrected chi connectivity index (χ1v) is 11.0. The molecule has 1 spiro atoms. The average molecular weight is 429 g/mol. The molecule has 150 valence electrons. The number of hydrogen-bond donors (Lipinski definition) is 1. The van der Waals surface area contributed by atoms with Gasteiger partial charge < -0.3 is 15.0 Å². The number of nitrogens with zero attached hydrogens (tertiary/aromatic N) is 1. The number of likely N-dealkylation sites (tertiary alicyclic amines) is 1. The largest absolute Gasteiger partial charge is 0.360 e. The van der Waals surface area contributed by atoms with E-state index >= 15 is 0 Å². The molecular formula is C22H21ClN2O3S. The van der Waals surface area contributed by atoms with Crippen LogP contribution in [-0.4, -0.2) is 41.5 Å². The minimum atomic E-state index is -0.656. The van der Waals surface area contributed by atoms with Gasteiger partial charge in [0.15, 0.2) is 0 Å². The van der Waals surface area contributed by atoms with Crippen molar-refractivity contribution in [2.75, 3.05) is 13.1 Å². The van der Waals surface area contributed by atoms with Crippen molar-refractivity contribution in [3.05, 3.63) is 69.4 Å². The lowest BCUT2D eigenvalue weighted by Gasteiger charge is -2.23. The summed E-state index contributed by atoms with van der Waals surface area (Å²) in [6.45, 7) is 1.59. The zero-order chi connectivity index (χ0) is 20.0. The summed E-state index contributed by atoms with van der Waals surface area (Å²) in [7, 11) is 0. The van der Waals surface area contributed by atoms with Gasteiger partial charge in [0.05, 0.1) is 31.0 Å². The van der Waals surface area contributed by atoms with Crippen LogP contribution in [0.5, 0.6) is 0 Å². The van der Waals surface area contributed by atoms with E-state index in [4.69, 9.17) is 16.3 Å². The van der Waals surface area contributed by atoms with Crippen LogP contribution in [0, 0.1) is 11.8 Å². The van der Waals surface area contributed by atoms with Crippen molar-refractivity contribution in [2.45, 2.75) is 24.7 Å². The molecule has 0 radical (unpaired) electrons. The predicted octanol–water partition coefficient (Wildman–Crippen LogP) is 3.04. The number of rotatable bonds is 6. The van der Waals surface area contributed by atoms with E-state index < -0.39 is 17.4 Å². The van der Waals surface area contributed by atoms with Gasteiger partial charge in [-0.05, 0) is 35.6 Å². The van der Waals surface area contributed by atoms with Crippen LogP contribution in [0.25, 0.3) is 0 Å². The van der Waals surface area contributed by atoms with E-state index in [0.29, 0.717) is 31.1 Å². The summed E-state index contributed by atoms with van der Waals surface area (Å²) < 4.78 is 6.17. The Hall–Kier alpha value is -2.15. The highest BCUT2D eigenvalue weighted by molar-refractivity contribution is 7.09. The molecule has 3 aliphatic heterocycles. The van der Waals surface area contributed by atoms with Crippen LogP contribution in [0.1, 0.15) is 10.4 Å². The lowest BCUT2D eigenvalue weighted by Crippen LogP contribution is -2.44. The molecule has 0 aliphatic carbocycles. The SMILES string of the molecule is O=C(NCCc1ccc(Cl)cc1)C1C2C=CC3(CN(Cc4cccs4)C(=O)C13)O2. The number of thiophene rings is 1. The molecule has 1 aromatic heterocycles. The van der Waals surface area contributed by atoms with Crippen molar-refractivity contribution < 1.29 is 14.3 Å². The number of fused-ring (bicyclic) bond motifs is 1. The van der Waals surface area contributed by atoms with Gasteiger partial charge in [0, 0.05) is 16.4 Å². The van der Waals surface area contributed by atoms with Gasteiger partial charge in [-0.25, -0.2) is 0 Å². The topological polar surface area (TPSA) is 58.6 Å². The molecule has 2 amide bonds. The molecular weight excluding hydrogens is 408 g/mol. The monoisotopic (exact) mass is 428 g/mol. The molecule has 3 aliphatic rings. The Bertz CT molecular complexity index is 959. The highest BCUT2D eigenvalue weighted by Crippen LogP contribution is 2.52. The maximum absolute atomic E-state index is 13.2. The van der Waals surface area contributed by atoms with Gasteiger partial charge in [0.2, 0.25) is 11.8 Å². The minimum absolute atomic E-state index is 0.0168. The summed E-state index contributed by atoms with van der Waals surface area (Å²) in [4.78, 5) is 29.1. The van der Waals surface area contributed by atoms with Crippen molar-refractivity contribution in [2.24, 2.45) is 11.8 Å². The van der Waals surface area contributed by atoms with Crippen molar-refractivity contribution in [1.29, 1.82) is 0 Å². The molecule has 1 aromatic carbocycles. The number of carbonyl (C=O) groups excluding carboxylic acids is 2. The highest BCUT2D eigenvalue weighted by Gasteiger charge is 2.66. The van der Waals surface area contributed by atoms with Crippen molar-refractivity contribution in [3.63, 3.8) is 0 Å². The molecule has 2 saturated heterocycles. The first-order valence-electron chi connectivity index (χ1n) is 9.76. The van der Waals surface area contributed by atoms with Gasteiger partial charge in [0.1, 0.15) is 5.60 Å². The molecule has 5 nitrogen and oxygen atoms in total. The van der Waals surface area contributed by atoms with E-state index in [-0.39, 0.29) is 17.9 Å². The Morgan fingerprint density at radius 2 is 2.14 bits per heavy atom. The first kappa shape index (κ1) is 18.9. The number of carbonyl (C=O) groups is 2. The van der Waals surface area contributed by atoms with E-state index in [1.165, 1.54) is 0 Å². The number of halogens is 1. The lowest BCUT2D eigenvalue weighted by molar-refractivity contribution is -0.137. The third kappa shape index (κ3) is 3.29. The summed E-state index contributed by atoms with van der Waals surface area (Å²) in [5.41, 5.74) is 0.450. The minimum Gasteiger partial charge on any atom is -0.360 e. The van der Waals surface area contributed by atoms with E-state index in [2.05, 4.69) is 5.32 Å². The van der Waals surface area contributed by atoms with Crippen LogP contribution >= 0.6 is 22.9 Å². The van der Waals surface area contributed by atoms with Gasteiger partial charge >= 0.3 is 0 Å². The van der Waals surface area contributed by atoms with E-state index in [1.807, 2.05) is 58.8 Å². The van der Waals surface area contributed by atoms with Crippen molar-refractivity contribution >= 4 is 34.8 Å². The van der Waals surface area contributed by atoms with Crippen molar-refractivity contribution in [3.8, 4) is 0 Å². The smallest absolute Gasteiger partial charge is 0.230 e. The zero-order valence-corrected chi connectivity index (χ0v) is 17.3. The van der Waals surface area contributed by atoms with E-state index in [9.17, 15) is 9.59 Å². The van der Waals surface area contributed by atoms with Crippen molar-refractivity contribution in [1.82, 2.24) is 10.2 Å². The van der Waals surface area contributed by atoms with Gasteiger partial charge in [-0.1, -0.05) is 42.0 Å². The molecule has 4 unspecified atom stereocenters. The normalized spacial score (nSPS) is 29.5. The van der Waals surface area contributed by atoms with Crippen LogP contribution in [0.3, 0.4) is 0 Å². The van der Waals surface area contributed by atoms with E-state index in [1.54, 1.807) is 11.3 Å². The fourth-order valence-electron chi connectivity index (χ4n) is 4.70. The third-order valence-corrected chi connectivity index (χ3v) is 7.15. The summed E-state index contributed by atoms with van der Waals surface area (Å²) >= 11 is 7.55. The molecule has 7 heteroatoms. The fourth-order valence-corrected chi connectivity index (χ4v) is 5.55. The number of amides is 2. The van der Waals surface area contributed by atoms with Gasteiger partial charge in [0.25, 0.3) is 0 Å². The number of ether oxygens (including phenoxy) is 1. The van der Waals surface area contributed by atoms with E-state index in [0.717, 1.165) is 10.4 Å². The maximum Gasteiger partial charge on any atom is 0.230 e. The summed E-state index contributed by atoms with van der Waals surface area (Å²) in [6, 6.07) is 11.6. The molecule has 29 heavy (non-hydrogen) atoms. The predicted molar refractivity (Wildman–Crippen MR) is 112 cm³/mol. The second-order valence-corrected chi connectivity index (χ2v) is 9.31. The highest BCUT2D eigenvalue weighted by atomic mass is 35.5. The van der Waals surface area contributed by atoms with Gasteiger partial charge in [-0.2, -0.15) is 0 Å². The molecule has 1 N–H and O–H groups in total. The van der Waals surface area contributed by atoms with Crippen LogP contribution in [-0.2, 0) is 27.3 Å². The number of hydrogen-bond acceptors (Lipinski definition) is 4. The maximum atomic E-state index is 13.2. The van der Waals surface area contributed by atoms with Crippen LogP contribution in [0.2, 0.25) is 5.02 Å². The Morgan fingerprint density at radius 1 is 1.31 bits per heavy atom. The molecule has 2 fully saturated rings. The Labute approximate surface area is 178 Å². The molecule has 4 heterocycles. The summed E-state index contributed by atoms with van der Waals surface area (Å²) in [5.74, 6) is -0.992. The number of benzene rings is 1. The summed E-state index contributed by atoms with van der Waals surface area (Å²) in [6.07, 6.45) is 4.34.